The standard InChI is InChI=1S/C24H32N2O6/c1-31-21(27)20(22(28)32-2)18(15-25-30)19-11-6-7-12-24(19)13-8-14-26(23(24)29)16-17-9-4-3-5-10-17/h3-5,9-10,15,18-20,30H,6-8,11-14,16H2,1-2H3. The number of oxime groups is 1. The van der Waals surface area contributed by atoms with E-state index in [1.165, 1.54) is 20.4 Å². The smallest absolute Gasteiger partial charge is 0.320 e. The summed E-state index contributed by atoms with van der Waals surface area (Å²) in [6, 6.07) is 9.85. The number of ether oxygens (including phenoxy) is 2. The molecule has 1 aromatic carbocycles. The third-order valence-corrected chi connectivity index (χ3v) is 7.08. The molecule has 1 aliphatic heterocycles. The number of methoxy groups -OCH3 is 2. The molecule has 8 heteroatoms. The molecule has 174 valence electrons. The molecule has 1 amide bonds. The predicted molar refractivity (Wildman–Crippen MR) is 117 cm³/mol. The van der Waals surface area contributed by atoms with E-state index in [1.807, 2.05) is 35.2 Å². The lowest BCUT2D eigenvalue weighted by atomic mass is 9.56. The Kier molecular flexibility index (Phi) is 7.88. The summed E-state index contributed by atoms with van der Waals surface area (Å²) in [5.74, 6) is -3.92. The molecule has 0 aromatic heterocycles. The second kappa shape index (κ2) is 10.6. The molecule has 32 heavy (non-hydrogen) atoms. The van der Waals surface area contributed by atoms with E-state index in [2.05, 4.69) is 5.16 Å². The lowest BCUT2D eigenvalue weighted by Crippen LogP contribution is -2.56. The van der Waals surface area contributed by atoms with E-state index in [0.29, 0.717) is 32.4 Å². The number of piperidine rings is 1. The first-order chi connectivity index (χ1) is 15.5. The van der Waals surface area contributed by atoms with Gasteiger partial charge in [0.05, 0.1) is 19.6 Å². The van der Waals surface area contributed by atoms with E-state index in [4.69, 9.17) is 9.47 Å². The molecule has 2 aliphatic rings. The van der Waals surface area contributed by atoms with Crippen LogP contribution in [0.1, 0.15) is 44.1 Å². The summed E-state index contributed by atoms with van der Waals surface area (Å²) in [5, 5.41) is 12.6. The van der Waals surface area contributed by atoms with Crippen LogP contribution in [0.5, 0.6) is 0 Å². The number of hydrogen-bond acceptors (Lipinski definition) is 7. The number of amides is 1. The van der Waals surface area contributed by atoms with Crippen LogP contribution in [0.25, 0.3) is 0 Å². The van der Waals surface area contributed by atoms with Gasteiger partial charge in [0.1, 0.15) is 0 Å². The number of likely N-dealkylation sites (tertiary alicyclic amines) is 1. The fraction of sp³-hybridized carbons (Fsp3) is 0.583. The number of nitrogens with zero attached hydrogens (tertiary/aromatic N) is 2. The Morgan fingerprint density at radius 2 is 1.81 bits per heavy atom. The Morgan fingerprint density at radius 3 is 2.44 bits per heavy atom. The van der Waals surface area contributed by atoms with Crippen LogP contribution in [-0.2, 0) is 30.4 Å². The maximum atomic E-state index is 13.9. The van der Waals surface area contributed by atoms with E-state index in [1.54, 1.807) is 0 Å². The SMILES string of the molecule is COC(=O)C(C(=O)OC)C(C=NO)C1CCCCC12CCCN(Cc1ccccc1)C2=O. The summed E-state index contributed by atoms with van der Waals surface area (Å²) >= 11 is 0. The van der Waals surface area contributed by atoms with Crippen LogP contribution >= 0.6 is 0 Å². The predicted octanol–water partition coefficient (Wildman–Crippen LogP) is 3.02. The first-order valence-electron chi connectivity index (χ1n) is 11.1. The number of carbonyl (C=O) groups is 3. The topological polar surface area (TPSA) is 106 Å². The molecular formula is C24H32N2O6. The third-order valence-electron chi connectivity index (χ3n) is 7.08. The molecule has 3 atom stereocenters. The van der Waals surface area contributed by atoms with E-state index in [9.17, 15) is 19.6 Å². The van der Waals surface area contributed by atoms with Crippen LogP contribution in [0.3, 0.4) is 0 Å². The van der Waals surface area contributed by atoms with Crippen molar-refractivity contribution < 1.29 is 29.1 Å². The van der Waals surface area contributed by atoms with Gasteiger partial charge >= 0.3 is 11.9 Å². The molecule has 1 spiro atoms. The van der Waals surface area contributed by atoms with Gasteiger partial charge in [-0.1, -0.05) is 43.2 Å². The van der Waals surface area contributed by atoms with Crippen LogP contribution in [-0.4, -0.2) is 54.9 Å². The second-order valence-corrected chi connectivity index (χ2v) is 8.69. The van der Waals surface area contributed by atoms with Crippen molar-refractivity contribution in [2.75, 3.05) is 20.8 Å². The van der Waals surface area contributed by atoms with Crippen molar-refractivity contribution in [1.82, 2.24) is 4.90 Å². The molecule has 3 rings (SSSR count). The maximum Gasteiger partial charge on any atom is 0.320 e. The summed E-state index contributed by atoms with van der Waals surface area (Å²) in [6.07, 6.45) is 5.79. The Labute approximate surface area is 188 Å². The van der Waals surface area contributed by atoms with E-state index in [-0.39, 0.29) is 11.8 Å². The average Bonchev–Trinajstić information content (AvgIpc) is 2.82. The molecule has 1 aliphatic carbocycles. The number of carbonyl (C=O) groups excluding carboxylic acids is 3. The zero-order valence-corrected chi connectivity index (χ0v) is 18.7. The molecule has 1 N–H and O–H groups in total. The number of benzene rings is 1. The van der Waals surface area contributed by atoms with E-state index in [0.717, 1.165) is 24.8 Å². The van der Waals surface area contributed by atoms with Crippen LogP contribution in [0.4, 0.5) is 0 Å². The molecule has 1 heterocycles. The second-order valence-electron chi connectivity index (χ2n) is 8.69. The number of esters is 2. The van der Waals surface area contributed by atoms with Gasteiger partial charge < -0.3 is 19.6 Å². The first-order valence-corrected chi connectivity index (χ1v) is 11.1. The Hall–Kier alpha value is -2.90. The van der Waals surface area contributed by atoms with Gasteiger partial charge in [-0.3, -0.25) is 14.4 Å². The molecule has 1 saturated carbocycles. The molecule has 1 aromatic rings. The van der Waals surface area contributed by atoms with Gasteiger partial charge in [0, 0.05) is 25.2 Å². The largest absolute Gasteiger partial charge is 0.468 e. The highest BCUT2D eigenvalue weighted by Crippen LogP contribution is 2.52. The average molecular weight is 445 g/mol. The van der Waals surface area contributed by atoms with Crippen molar-refractivity contribution >= 4 is 24.1 Å². The highest BCUT2D eigenvalue weighted by Gasteiger charge is 2.55. The van der Waals surface area contributed by atoms with E-state index < -0.39 is 29.2 Å². The third kappa shape index (κ3) is 4.64. The summed E-state index contributed by atoms with van der Waals surface area (Å²) in [4.78, 5) is 40.9. The van der Waals surface area contributed by atoms with Gasteiger partial charge in [-0.25, -0.2) is 0 Å². The molecule has 0 radical (unpaired) electrons. The van der Waals surface area contributed by atoms with Gasteiger partial charge in [0.2, 0.25) is 5.91 Å². The van der Waals surface area contributed by atoms with Crippen molar-refractivity contribution in [1.29, 1.82) is 0 Å². The lowest BCUT2D eigenvalue weighted by Gasteiger charge is -2.51. The van der Waals surface area contributed by atoms with Gasteiger partial charge in [0.15, 0.2) is 5.92 Å². The van der Waals surface area contributed by atoms with Crippen LogP contribution < -0.4 is 0 Å². The first kappa shape index (κ1) is 23.8. The Balaban J connectivity index is 1.98. The monoisotopic (exact) mass is 444 g/mol. The van der Waals surface area contributed by atoms with Crippen molar-refractivity contribution in [3.8, 4) is 0 Å². The number of hydrogen-bond donors (Lipinski definition) is 1. The summed E-state index contributed by atoms with van der Waals surface area (Å²) in [5.41, 5.74) is 0.331. The van der Waals surface area contributed by atoms with Crippen molar-refractivity contribution in [2.45, 2.75) is 45.1 Å². The van der Waals surface area contributed by atoms with Crippen LogP contribution in [0, 0.1) is 23.2 Å². The van der Waals surface area contributed by atoms with Crippen molar-refractivity contribution in [3.63, 3.8) is 0 Å². The summed E-state index contributed by atoms with van der Waals surface area (Å²) in [7, 11) is 2.41. The molecule has 3 unspecified atom stereocenters. The van der Waals surface area contributed by atoms with Crippen LogP contribution in [0.2, 0.25) is 0 Å². The summed E-state index contributed by atoms with van der Waals surface area (Å²) in [6.45, 7) is 1.18. The van der Waals surface area contributed by atoms with E-state index >= 15 is 0 Å². The minimum atomic E-state index is -1.29. The highest BCUT2D eigenvalue weighted by atomic mass is 16.5. The van der Waals surface area contributed by atoms with Crippen LogP contribution in [0.15, 0.2) is 35.5 Å². The Morgan fingerprint density at radius 1 is 1.16 bits per heavy atom. The maximum absolute atomic E-state index is 13.9. The van der Waals surface area contributed by atoms with Gasteiger partial charge in [-0.15, -0.1) is 5.16 Å². The molecule has 2 fully saturated rings. The highest BCUT2D eigenvalue weighted by molar-refractivity contribution is 5.98. The molecule has 0 bridgehead atoms. The fourth-order valence-electron chi connectivity index (χ4n) is 5.63. The van der Waals surface area contributed by atoms with Gasteiger partial charge in [-0.05, 0) is 37.2 Å². The normalized spacial score (nSPS) is 24.7. The van der Waals surface area contributed by atoms with Gasteiger partial charge in [0.25, 0.3) is 0 Å². The van der Waals surface area contributed by atoms with Crippen molar-refractivity contribution in [3.05, 3.63) is 35.9 Å². The summed E-state index contributed by atoms with van der Waals surface area (Å²) < 4.78 is 9.76. The zero-order valence-electron chi connectivity index (χ0n) is 18.7. The lowest BCUT2D eigenvalue weighted by molar-refractivity contribution is -0.167. The molecular weight excluding hydrogens is 412 g/mol. The quantitative estimate of drug-likeness (QED) is 0.228. The molecule has 1 saturated heterocycles. The van der Waals surface area contributed by atoms with Gasteiger partial charge in [-0.2, -0.15) is 0 Å². The minimum Gasteiger partial charge on any atom is -0.468 e. The fourth-order valence-corrected chi connectivity index (χ4v) is 5.63. The molecule has 8 nitrogen and oxygen atoms in total. The minimum absolute atomic E-state index is 0.0436. The number of rotatable bonds is 7. The zero-order chi connectivity index (χ0) is 23.1. The Bertz CT molecular complexity index is 822. The van der Waals surface area contributed by atoms with Crippen molar-refractivity contribution in [2.24, 2.45) is 28.3 Å².